The lowest BCUT2D eigenvalue weighted by atomic mass is 10.2. The zero-order chi connectivity index (χ0) is 12.3. The minimum atomic E-state index is 0.476. The van der Waals surface area contributed by atoms with Crippen LogP contribution in [-0.4, -0.2) is 4.98 Å². The molecule has 1 aromatic carbocycles. The Morgan fingerprint density at radius 1 is 1.18 bits per heavy atom. The predicted molar refractivity (Wildman–Crippen MR) is 69.8 cm³/mol. The third-order valence-corrected chi connectivity index (χ3v) is 2.81. The number of hydrogen-bond donors (Lipinski definition) is 0. The minimum Gasteiger partial charge on any atom is -0.439 e. The summed E-state index contributed by atoms with van der Waals surface area (Å²) in [6, 6.07) is 11.7. The van der Waals surface area contributed by atoms with Gasteiger partial charge in [0, 0.05) is 17.6 Å². The monoisotopic (exact) mass is 247 g/mol. The molecular weight excluding hydrogens is 234 g/mol. The molecule has 0 aliphatic carbocycles. The third kappa shape index (κ3) is 2.98. The Balaban J connectivity index is 2.22. The number of rotatable bonds is 3. The number of aryl methyl sites for hydroxylation is 2. The largest absolute Gasteiger partial charge is 0.439 e. The van der Waals surface area contributed by atoms with Crippen LogP contribution in [-0.2, 0) is 5.88 Å². The quantitative estimate of drug-likeness (QED) is 0.758. The number of aromatic nitrogens is 1. The highest BCUT2D eigenvalue weighted by molar-refractivity contribution is 6.17. The number of pyridine rings is 1. The fraction of sp³-hybridized carbons (Fsp3) is 0.214. The number of nitrogens with zero attached hydrogens (tertiary/aromatic N) is 1. The molecule has 0 aliphatic rings. The van der Waals surface area contributed by atoms with Crippen molar-refractivity contribution in [3.63, 3.8) is 0 Å². The molecule has 0 spiro atoms. The molecule has 0 amide bonds. The highest BCUT2D eigenvalue weighted by Gasteiger charge is 2.03. The number of benzene rings is 1. The van der Waals surface area contributed by atoms with Gasteiger partial charge in [-0.25, -0.2) is 4.98 Å². The van der Waals surface area contributed by atoms with E-state index >= 15 is 0 Å². The van der Waals surface area contributed by atoms with E-state index in [1.165, 1.54) is 0 Å². The first kappa shape index (κ1) is 11.9. The summed E-state index contributed by atoms with van der Waals surface area (Å²) in [6.45, 7) is 3.96. The van der Waals surface area contributed by atoms with Gasteiger partial charge in [0.15, 0.2) is 0 Å². The van der Waals surface area contributed by atoms with Gasteiger partial charge in [-0.1, -0.05) is 18.2 Å². The van der Waals surface area contributed by atoms with Crippen LogP contribution in [0.4, 0.5) is 0 Å². The SMILES string of the molecule is Cc1cccc(Oc2ccc(CCl)c(C)n2)c1. The lowest BCUT2D eigenvalue weighted by Gasteiger charge is -2.07. The Kier molecular flexibility index (Phi) is 3.64. The standard InChI is InChI=1S/C14H14ClNO/c1-10-4-3-5-13(8-10)17-14-7-6-12(9-15)11(2)16-14/h3-8H,9H2,1-2H3. The highest BCUT2D eigenvalue weighted by Crippen LogP contribution is 2.22. The van der Waals surface area contributed by atoms with Crippen LogP contribution in [0.1, 0.15) is 16.8 Å². The summed E-state index contributed by atoms with van der Waals surface area (Å²) < 4.78 is 5.69. The van der Waals surface area contributed by atoms with Crippen LogP contribution in [0.15, 0.2) is 36.4 Å². The summed E-state index contributed by atoms with van der Waals surface area (Å²) in [5.74, 6) is 1.88. The van der Waals surface area contributed by atoms with Gasteiger partial charge in [0.25, 0.3) is 0 Å². The van der Waals surface area contributed by atoms with Gasteiger partial charge in [-0.05, 0) is 37.1 Å². The topological polar surface area (TPSA) is 22.1 Å². The fourth-order valence-corrected chi connectivity index (χ4v) is 1.85. The van der Waals surface area contributed by atoms with E-state index in [2.05, 4.69) is 4.98 Å². The molecule has 0 unspecified atom stereocenters. The molecule has 0 bridgehead atoms. The highest BCUT2D eigenvalue weighted by atomic mass is 35.5. The van der Waals surface area contributed by atoms with Crippen molar-refractivity contribution in [2.45, 2.75) is 19.7 Å². The van der Waals surface area contributed by atoms with Crippen LogP contribution in [0.25, 0.3) is 0 Å². The summed E-state index contributed by atoms with van der Waals surface area (Å²) in [4.78, 5) is 4.36. The van der Waals surface area contributed by atoms with E-state index in [0.717, 1.165) is 22.6 Å². The third-order valence-electron chi connectivity index (χ3n) is 2.53. The molecule has 0 N–H and O–H groups in total. The van der Waals surface area contributed by atoms with E-state index in [1.54, 1.807) is 0 Å². The average Bonchev–Trinajstić information content (AvgIpc) is 2.29. The van der Waals surface area contributed by atoms with Crippen LogP contribution >= 0.6 is 11.6 Å². The van der Waals surface area contributed by atoms with Crippen molar-refractivity contribution >= 4 is 11.6 Å². The van der Waals surface area contributed by atoms with Gasteiger partial charge in [0.1, 0.15) is 5.75 Å². The van der Waals surface area contributed by atoms with Crippen molar-refractivity contribution in [1.29, 1.82) is 0 Å². The van der Waals surface area contributed by atoms with E-state index in [9.17, 15) is 0 Å². The Morgan fingerprint density at radius 2 is 2.00 bits per heavy atom. The van der Waals surface area contributed by atoms with Gasteiger partial charge in [0.05, 0.1) is 0 Å². The number of ether oxygens (including phenoxy) is 1. The van der Waals surface area contributed by atoms with E-state index in [0.29, 0.717) is 11.8 Å². The second kappa shape index (κ2) is 5.19. The van der Waals surface area contributed by atoms with Crippen molar-refractivity contribution in [2.75, 3.05) is 0 Å². The molecule has 0 saturated carbocycles. The van der Waals surface area contributed by atoms with E-state index < -0.39 is 0 Å². The molecule has 0 atom stereocenters. The van der Waals surface area contributed by atoms with E-state index in [-0.39, 0.29) is 0 Å². The maximum atomic E-state index is 5.78. The molecule has 2 nitrogen and oxygen atoms in total. The summed E-state index contributed by atoms with van der Waals surface area (Å²) in [5.41, 5.74) is 3.10. The molecular formula is C14H14ClNO. The molecule has 17 heavy (non-hydrogen) atoms. The van der Waals surface area contributed by atoms with Crippen molar-refractivity contribution in [2.24, 2.45) is 0 Å². The second-order valence-corrected chi connectivity index (χ2v) is 4.21. The lowest BCUT2D eigenvalue weighted by Crippen LogP contribution is -1.93. The Hall–Kier alpha value is -1.54. The van der Waals surface area contributed by atoms with Crippen LogP contribution in [0.2, 0.25) is 0 Å². The van der Waals surface area contributed by atoms with Crippen LogP contribution < -0.4 is 4.74 Å². The first-order valence-electron chi connectivity index (χ1n) is 5.46. The average molecular weight is 248 g/mol. The molecule has 0 saturated heterocycles. The van der Waals surface area contributed by atoms with Gasteiger partial charge < -0.3 is 4.74 Å². The maximum Gasteiger partial charge on any atom is 0.219 e. The molecule has 0 radical (unpaired) electrons. The zero-order valence-electron chi connectivity index (χ0n) is 9.90. The van der Waals surface area contributed by atoms with Crippen molar-refractivity contribution in [3.05, 3.63) is 53.2 Å². The van der Waals surface area contributed by atoms with E-state index in [4.69, 9.17) is 16.3 Å². The van der Waals surface area contributed by atoms with Gasteiger partial charge >= 0.3 is 0 Å². The molecule has 0 fully saturated rings. The van der Waals surface area contributed by atoms with Crippen LogP contribution in [0.3, 0.4) is 0 Å². The summed E-state index contributed by atoms with van der Waals surface area (Å²) in [6.07, 6.45) is 0. The summed E-state index contributed by atoms with van der Waals surface area (Å²) >= 11 is 5.78. The van der Waals surface area contributed by atoms with Crippen LogP contribution in [0, 0.1) is 13.8 Å². The van der Waals surface area contributed by atoms with Gasteiger partial charge in [-0.2, -0.15) is 0 Å². The number of alkyl halides is 1. The van der Waals surface area contributed by atoms with Gasteiger partial charge in [-0.15, -0.1) is 11.6 Å². The molecule has 2 rings (SSSR count). The first-order valence-corrected chi connectivity index (χ1v) is 5.99. The van der Waals surface area contributed by atoms with Crippen molar-refractivity contribution in [1.82, 2.24) is 4.98 Å². The molecule has 3 heteroatoms. The maximum absolute atomic E-state index is 5.78. The second-order valence-electron chi connectivity index (χ2n) is 3.95. The predicted octanol–water partition coefficient (Wildman–Crippen LogP) is 4.23. The normalized spacial score (nSPS) is 10.3. The van der Waals surface area contributed by atoms with Crippen molar-refractivity contribution in [3.8, 4) is 11.6 Å². The Bertz CT molecular complexity index is 525. The van der Waals surface area contributed by atoms with E-state index in [1.807, 2.05) is 50.2 Å². The molecule has 1 heterocycles. The zero-order valence-corrected chi connectivity index (χ0v) is 10.7. The Morgan fingerprint density at radius 3 is 2.65 bits per heavy atom. The minimum absolute atomic E-state index is 0.476. The van der Waals surface area contributed by atoms with Crippen molar-refractivity contribution < 1.29 is 4.74 Å². The summed E-state index contributed by atoms with van der Waals surface area (Å²) in [7, 11) is 0. The fourth-order valence-electron chi connectivity index (χ4n) is 1.56. The number of hydrogen-bond acceptors (Lipinski definition) is 2. The molecule has 1 aromatic heterocycles. The molecule has 2 aromatic rings. The van der Waals surface area contributed by atoms with Gasteiger partial charge in [-0.3, -0.25) is 0 Å². The number of halogens is 1. The smallest absolute Gasteiger partial charge is 0.219 e. The first-order chi connectivity index (χ1) is 8.19. The Labute approximate surface area is 106 Å². The molecule has 88 valence electrons. The molecule has 0 aliphatic heterocycles. The van der Waals surface area contributed by atoms with Gasteiger partial charge in [0.2, 0.25) is 5.88 Å². The lowest BCUT2D eigenvalue weighted by molar-refractivity contribution is 0.461. The van der Waals surface area contributed by atoms with Crippen LogP contribution in [0.5, 0.6) is 11.6 Å². The summed E-state index contributed by atoms with van der Waals surface area (Å²) in [5, 5.41) is 0.